The molecule has 3 rings (SSSR count). The summed E-state index contributed by atoms with van der Waals surface area (Å²) in [6, 6.07) is 3.41. The van der Waals surface area contributed by atoms with Crippen molar-refractivity contribution in [3.05, 3.63) is 39.6 Å². The number of anilines is 1. The Labute approximate surface area is 167 Å². The normalized spacial score (nSPS) is 17.5. The molecule has 7 nitrogen and oxygen atoms in total. The number of methoxy groups -OCH3 is 1. The number of alkyl halides is 3. The Bertz CT molecular complexity index is 1120. The Kier molecular flexibility index (Phi) is 5.00. The van der Waals surface area contributed by atoms with E-state index in [1.807, 2.05) is 5.32 Å². The fourth-order valence-corrected chi connectivity index (χ4v) is 5.25. The summed E-state index contributed by atoms with van der Waals surface area (Å²) in [5.74, 6) is -3.13. The number of sulfone groups is 1. The van der Waals surface area contributed by atoms with Gasteiger partial charge in [0.1, 0.15) is 5.75 Å². The number of benzene rings is 1. The summed E-state index contributed by atoms with van der Waals surface area (Å²) in [5.41, 5.74) is -4.07. The van der Waals surface area contributed by atoms with Crippen LogP contribution in [0.4, 0.5) is 18.9 Å². The maximum atomic E-state index is 12.9. The maximum Gasteiger partial charge on any atom is 0.426 e. The van der Waals surface area contributed by atoms with Gasteiger partial charge in [-0.1, -0.05) is 0 Å². The summed E-state index contributed by atoms with van der Waals surface area (Å²) in [7, 11) is -2.92. The van der Waals surface area contributed by atoms with Crippen molar-refractivity contribution in [3.8, 4) is 5.75 Å². The summed E-state index contributed by atoms with van der Waals surface area (Å²) < 4.78 is 69.3. The van der Waals surface area contributed by atoms with E-state index in [9.17, 15) is 36.3 Å². The molecule has 2 aromatic rings. The molecule has 12 heteroatoms. The lowest BCUT2D eigenvalue weighted by Gasteiger charge is -2.25. The van der Waals surface area contributed by atoms with Gasteiger partial charge in [0.2, 0.25) is 11.4 Å². The number of amides is 1. The summed E-state index contributed by atoms with van der Waals surface area (Å²) in [5, 5.41) is 12.9. The SMILES string of the molecule is COc1cc2c(cc1NC(=O)C(C)(O)C(F)(F)F)S(=O)(=O)Cc1ccsc1C2=O. The van der Waals surface area contributed by atoms with Crippen molar-refractivity contribution >= 4 is 38.6 Å². The number of thiophene rings is 1. The van der Waals surface area contributed by atoms with Gasteiger partial charge in [-0.25, -0.2) is 8.42 Å². The first-order chi connectivity index (χ1) is 13.3. The molecule has 0 bridgehead atoms. The molecule has 1 aliphatic rings. The van der Waals surface area contributed by atoms with E-state index < -0.39 is 49.6 Å². The predicted molar refractivity (Wildman–Crippen MR) is 96.9 cm³/mol. The largest absolute Gasteiger partial charge is 0.495 e. The highest BCUT2D eigenvalue weighted by Gasteiger charge is 2.56. The number of ketones is 1. The van der Waals surface area contributed by atoms with Crippen molar-refractivity contribution in [1.29, 1.82) is 0 Å². The molecule has 0 aliphatic carbocycles. The average Bonchev–Trinajstić information content (AvgIpc) is 3.04. The minimum Gasteiger partial charge on any atom is -0.495 e. The topological polar surface area (TPSA) is 110 Å². The van der Waals surface area contributed by atoms with Crippen LogP contribution in [0.3, 0.4) is 0 Å². The smallest absolute Gasteiger partial charge is 0.426 e. The van der Waals surface area contributed by atoms with E-state index in [4.69, 9.17) is 4.74 Å². The number of halogens is 3. The van der Waals surface area contributed by atoms with E-state index in [1.165, 1.54) is 6.07 Å². The van der Waals surface area contributed by atoms with Crippen LogP contribution >= 0.6 is 11.3 Å². The minimum atomic E-state index is -5.27. The van der Waals surface area contributed by atoms with Gasteiger partial charge in [0, 0.05) is 5.56 Å². The lowest BCUT2D eigenvalue weighted by Crippen LogP contribution is -2.52. The molecule has 1 aromatic carbocycles. The zero-order chi connectivity index (χ0) is 21.8. The molecule has 1 unspecified atom stereocenters. The van der Waals surface area contributed by atoms with Gasteiger partial charge in [-0.2, -0.15) is 13.2 Å². The molecule has 0 fully saturated rings. The quantitative estimate of drug-likeness (QED) is 0.745. The number of rotatable bonds is 3. The number of aliphatic hydroxyl groups is 1. The van der Waals surface area contributed by atoms with Gasteiger partial charge in [-0.15, -0.1) is 11.3 Å². The highest BCUT2D eigenvalue weighted by Crippen LogP contribution is 2.39. The second-order valence-electron chi connectivity index (χ2n) is 6.44. The lowest BCUT2D eigenvalue weighted by atomic mass is 10.0. The van der Waals surface area contributed by atoms with E-state index in [-0.39, 0.29) is 23.1 Å². The fourth-order valence-electron chi connectivity index (χ4n) is 2.69. The van der Waals surface area contributed by atoms with Crippen molar-refractivity contribution in [2.45, 2.75) is 29.3 Å². The summed E-state index contributed by atoms with van der Waals surface area (Å²) in [6.07, 6.45) is -5.27. The molecule has 0 radical (unpaired) electrons. The first-order valence-electron chi connectivity index (χ1n) is 7.96. The minimum absolute atomic E-state index is 0.219. The molecule has 0 saturated heterocycles. The van der Waals surface area contributed by atoms with E-state index in [1.54, 1.807) is 5.38 Å². The van der Waals surface area contributed by atoms with E-state index in [0.717, 1.165) is 30.6 Å². The van der Waals surface area contributed by atoms with Gasteiger partial charge in [-0.05, 0) is 36.1 Å². The van der Waals surface area contributed by atoms with Crippen LogP contribution in [0.2, 0.25) is 0 Å². The number of carbonyl (C=O) groups excluding carboxylic acids is 2. The first kappa shape index (κ1) is 21.3. The Morgan fingerprint density at radius 1 is 1.31 bits per heavy atom. The number of fused-ring (bicyclic) bond motifs is 2. The van der Waals surface area contributed by atoms with Gasteiger partial charge in [-0.3, -0.25) is 9.59 Å². The fraction of sp³-hybridized carbons (Fsp3) is 0.294. The Balaban J connectivity index is 2.14. The zero-order valence-electron chi connectivity index (χ0n) is 15.0. The predicted octanol–water partition coefficient (Wildman–Crippen LogP) is 2.53. The number of hydrogen-bond acceptors (Lipinski definition) is 7. The molecule has 1 aromatic heterocycles. The lowest BCUT2D eigenvalue weighted by molar-refractivity contribution is -0.242. The van der Waals surface area contributed by atoms with Crippen molar-refractivity contribution in [2.75, 3.05) is 12.4 Å². The zero-order valence-corrected chi connectivity index (χ0v) is 16.6. The van der Waals surface area contributed by atoms with Crippen LogP contribution in [0.15, 0.2) is 28.5 Å². The van der Waals surface area contributed by atoms with E-state index in [2.05, 4.69) is 0 Å². The van der Waals surface area contributed by atoms with Crippen LogP contribution in [-0.4, -0.2) is 44.1 Å². The number of ether oxygens (including phenoxy) is 1. The summed E-state index contributed by atoms with van der Waals surface area (Å²) >= 11 is 1.06. The van der Waals surface area contributed by atoms with Crippen LogP contribution in [0, 0.1) is 0 Å². The van der Waals surface area contributed by atoms with Crippen molar-refractivity contribution in [3.63, 3.8) is 0 Å². The number of hydrogen-bond donors (Lipinski definition) is 2. The standard InChI is InChI=1S/C17H14F3NO6S2/c1-16(24,17(18,19)20)15(23)21-10-6-12-9(5-11(10)27-2)13(22)14-8(3-4-28-14)7-29(12,25)26/h3-6,24H,7H2,1-2H3,(H,21,23). The third kappa shape index (κ3) is 3.51. The Morgan fingerprint density at radius 2 is 1.97 bits per heavy atom. The maximum absolute atomic E-state index is 12.9. The van der Waals surface area contributed by atoms with Crippen molar-refractivity contribution in [1.82, 2.24) is 0 Å². The third-order valence-corrected chi connectivity index (χ3v) is 7.08. The second-order valence-corrected chi connectivity index (χ2v) is 9.31. The molecule has 1 atom stereocenters. The molecular formula is C17H14F3NO6S2. The van der Waals surface area contributed by atoms with E-state index in [0.29, 0.717) is 5.56 Å². The Hall–Kier alpha value is -2.44. The van der Waals surface area contributed by atoms with Crippen molar-refractivity contribution in [2.24, 2.45) is 0 Å². The summed E-state index contributed by atoms with van der Waals surface area (Å²) in [4.78, 5) is 24.6. The van der Waals surface area contributed by atoms with Crippen LogP contribution in [-0.2, 0) is 20.4 Å². The summed E-state index contributed by atoms with van der Waals surface area (Å²) in [6.45, 7) is 0.260. The molecule has 1 aliphatic heterocycles. The molecule has 2 N–H and O–H groups in total. The number of carbonyl (C=O) groups is 2. The van der Waals surface area contributed by atoms with Gasteiger partial charge >= 0.3 is 6.18 Å². The molecule has 1 amide bonds. The van der Waals surface area contributed by atoms with Crippen LogP contribution in [0.25, 0.3) is 0 Å². The van der Waals surface area contributed by atoms with Gasteiger partial charge in [0.05, 0.1) is 28.3 Å². The van der Waals surface area contributed by atoms with Crippen LogP contribution in [0.5, 0.6) is 5.75 Å². The third-order valence-electron chi connectivity index (χ3n) is 4.42. The number of nitrogens with one attached hydrogen (secondary N) is 1. The van der Waals surface area contributed by atoms with E-state index >= 15 is 0 Å². The molecular weight excluding hydrogens is 435 g/mol. The second kappa shape index (κ2) is 6.82. The molecule has 156 valence electrons. The molecule has 29 heavy (non-hydrogen) atoms. The monoisotopic (exact) mass is 449 g/mol. The average molecular weight is 449 g/mol. The Morgan fingerprint density at radius 3 is 2.55 bits per heavy atom. The molecule has 0 spiro atoms. The van der Waals surface area contributed by atoms with Crippen LogP contribution < -0.4 is 10.1 Å². The van der Waals surface area contributed by atoms with Crippen molar-refractivity contribution < 1.29 is 41.0 Å². The highest BCUT2D eigenvalue weighted by atomic mass is 32.2. The highest BCUT2D eigenvalue weighted by molar-refractivity contribution is 7.90. The molecule has 0 saturated carbocycles. The van der Waals surface area contributed by atoms with Gasteiger partial charge < -0.3 is 15.2 Å². The molecule has 2 heterocycles. The van der Waals surface area contributed by atoms with Crippen LogP contribution in [0.1, 0.15) is 27.7 Å². The van der Waals surface area contributed by atoms with Gasteiger partial charge in [0.15, 0.2) is 9.84 Å². The van der Waals surface area contributed by atoms with Gasteiger partial charge in [0.25, 0.3) is 5.91 Å². The first-order valence-corrected chi connectivity index (χ1v) is 10.5.